The van der Waals surface area contributed by atoms with Crippen LogP contribution in [-0.4, -0.2) is 61.4 Å². The van der Waals surface area contributed by atoms with Gasteiger partial charge >= 0.3 is 0 Å². The number of H-pyrrole nitrogens is 1. The van der Waals surface area contributed by atoms with Gasteiger partial charge in [0.15, 0.2) is 0 Å². The van der Waals surface area contributed by atoms with Crippen LogP contribution in [-0.2, 0) is 17.7 Å². The molecule has 0 unspecified atom stereocenters. The van der Waals surface area contributed by atoms with Gasteiger partial charge in [0, 0.05) is 37.0 Å². The van der Waals surface area contributed by atoms with Crippen LogP contribution in [0.2, 0.25) is 0 Å². The minimum atomic E-state index is -0.0479. The van der Waals surface area contributed by atoms with Gasteiger partial charge in [0.25, 0.3) is 11.3 Å². The Morgan fingerprint density at radius 1 is 1.17 bits per heavy atom. The number of aromatic nitrogens is 6. The summed E-state index contributed by atoms with van der Waals surface area (Å²) < 4.78 is 7.54. The largest absolute Gasteiger partial charge is 0.372 e. The quantitative estimate of drug-likeness (QED) is 0.675. The van der Waals surface area contributed by atoms with Crippen molar-refractivity contribution in [1.82, 2.24) is 29.5 Å². The third-order valence-corrected chi connectivity index (χ3v) is 5.47. The van der Waals surface area contributed by atoms with E-state index in [1.807, 2.05) is 26.8 Å². The molecule has 10 heteroatoms. The van der Waals surface area contributed by atoms with E-state index in [1.54, 1.807) is 4.52 Å². The van der Waals surface area contributed by atoms with E-state index in [2.05, 4.69) is 29.9 Å². The van der Waals surface area contributed by atoms with E-state index < -0.39 is 0 Å². The maximum Gasteiger partial charge on any atom is 0.255 e. The summed E-state index contributed by atoms with van der Waals surface area (Å²) in [4.78, 5) is 33.5. The van der Waals surface area contributed by atoms with E-state index in [0.29, 0.717) is 44.3 Å². The molecule has 3 aromatic rings. The summed E-state index contributed by atoms with van der Waals surface area (Å²) in [5.41, 5.74) is 2.40. The van der Waals surface area contributed by atoms with Crippen molar-refractivity contribution < 1.29 is 4.74 Å². The first-order valence-electron chi connectivity index (χ1n) is 9.92. The SMILES string of the molecule is Cc1cc(N2CCc3c(nc(N4C[C@@H](C)O[C@H](C)C4)[nH]c3=O)C2)n2ncnc2n1. The fourth-order valence-electron chi connectivity index (χ4n) is 4.26. The molecule has 1 N–H and O–H groups in total. The number of hydrogen-bond acceptors (Lipinski definition) is 8. The molecule has 0 bridgehead atoms. The molecule has 3 aromatic heterocycles. The van der Waals surface area contributed by atoms with Gasteiger partial charge in [-0.2, -0.15) is 14.6 Å². The molecule has 0 radical (unpaired) electrons. The number of fused-ring (bicyclic) bond motifs is 2. The molecule has 152 valence electrons. The summed E-state index contributed by atoms with van der Waals surface area (Å²) in [6.07, 6.45) is 2.32. The van der Waals surface area contributed by atoms with Gasteiger partial charge in [-0.15, -0.1) is 0 Å². The van der Waals surface area contributed by atoms with Gasteiger partial charge in [0.2, 0.25) is 5.95 Å². The number of aromatic amines is 1. The van der Waals surface area contributed by atoms with Gasteiger partial charge < -0.3 is 14.5 Å². The highest BCUT2D eigenvalue weighted by atomic mass is 16.5. The normalized spacial score (nSPS) is 22.2. The van der Waals surface area contributed by atoms with Crippen LogP contribution in [0.25, 0.3) is 5.78 Å². The van der Waals surface area contributed by atoms with E-state index in [4.69, 9.17) is 9.72 Å². The van der Waals surface area contributed by atoms with Gasteiger partial charge in [0.05, 0.1) is 24.4 Å². The predicted molar refractivity (Wildman–Crippen MR) is 107 cm³/mol. The number of morpholine rings is 1. The zero-order valence-electron chi connectivity index (χ0n) is 16.8. The molecule has 2 atom stereocenters. The summed E-state index contributed by atoms with van der Waals surface area (Å²) in [6, 6.07) is 1.99. The fraction of sp³-hybridized carbons (Fsp3) is 0.526. The van der Waals surface area contributed by atoms with Crippen LogP contribution >= 0.6 is 0 Å². The summed E-state index contributed by atoms with van der Waals surface area (Å²) in [7, 11) is 0. The molecule has 0 aliphatic carbocycles. The predicted octanol–water partition coefficient (Wildman–Crippen LogP) is 0.692. The fourth-order valence-corrected chi connectivity index (χ4v) is 4.26. The highest BCUT2D eigenvalue weighted by molar-refractivity contribution is 5.49. The first-order chi connectivity index (χ1) is 14.0. The molecule has 0 amide bonds. The van der Waals surface area contributed by atoms with Crippen LogP contribution in [0.5, 0.6) is 0 Å². The lowest BCUT2D eigenvalue weighted by molar-refractivity contribution is -0.00575. The Bertz CT molecular complexity index is 1110. The van der Waals surface area contributed by atoms with Crippen molar-refractivity contribution in [3.63, 3.8) is 0 Å². The van der Waals surface area contributed by atoms with Crippen LogP contribution in [0.15, 0.2) is 17.2 Å². The van der Waals surface area contributed by atoms with Crippen LogP contribution in [0, 0.1) is 6.92 Å². The molecular formula is C19H24N8O2. The highest BCUT2D eigenvalue weighted by Gasteiger charge is 2.27. The Morgan fingerprint density at radius 2 is 1.97 bits per heavy atom. The van der Waals surface area contributed by atoms with E-state index >= 15 is 0 Å². The summed E-state index contributed by atoms with van der Waals surface area (Å²) in [5, 5.41) is 4.31. The third-order valence-electron chi connectivity index (χ3n) is 5.47. The van der Waals surface area contributed by atoms with E-state index in [-0.39, 0.29) is 17.8 Å². The Balaban J connectivity index is 1.50. The molecule has 1 saturated heterocycles. The smallest absolute Gasteiger partial charge is 0.255 e. The van der Waals surface area contributed by atoms with Gasteiger partial charge in [-0.3, -0.25) is 9.78 Å². The molecule has 2 aliphatic heterocycles. The number of rotatable bonds is 2. The second kappa shape index (κ2) is 6.80. The zero-order valence-corrected chi connectivity index (χ0v) is 16.8. The number of ether oxygens (including phenoxy) is 1. The summed E-state index contributed by atoms with van der Waals surface area (Å²) >= 11 is 0. The van der Waals surface area contributed by atoms with Crippen LogP contribution in [0.1, 0.15) is 30.8 Å². The molecule has 0 saturated carbocycles. The van der Waals surface area contributed by atoms with Crippen molar-refractivity contribution in [1.29, 1.82) is 0 Å². The van der Waals surface area contributed by atoms with E-state index in [0.717, 1.165) is 22.8 Å². The van der Waals surface area contributed by atoms with E-state index in [1.165, 1.54) is 6.33 Å². The Labute approximate surface area is 167 Å². The standard InChI is InChI=1S/C19H24N8O2/c1-11-6-16(27-18(22-11)20-10-21-27)25-5-4-14-15(9-25)23-19(24-17(14)28)26-7-12(2)29-13(3)8-26/h6,10,12-13H,4-5,7-9H2,1-3H3,(H,23,24,28)/t12-,13-/m1/s1. The zero-order chi connectivity index (χ0) is 20.1. The third kappa shape index (κ3) is 3.23. The van der Waals surface area contributed by atoms with Gasteiger partial charge in [0.1, 0.15) is 12.1 Å². The van der Waals surface area contributed by atoms with Crippen molar-refractivity contribution in [2.45, 2.75) is 45.9 Å². The summed E-state index contributed by atoms with van der Waals surface area (Å²) in [5.74, 6) is 2.10. The molecule has 0 aromatic carbocycles. The highest BCUT2D eigenvalue weighted by Crippen LogP contribution is 2.24. The monoisotopic (exact) mass is 396 g/mol. The van der Waals surface area contributed by atoms with Crippen LogP contribution < -0.4 is 15.4 Å². The van der Waals surface area contributed by atoms with Crippen LogP contribution in [0.4, 0.5) is 11.8 Å². The molecule has 2 aliphatic rings. The average molecular weight is 396 g/mol. The number of anilines is 2. The van der Waals surface area contributed by atoms with Crippen molar-refractivity contribution in [2.75, 3.05) is 29.4 Å². The second-order valence-corrected chi connectivity index (χ2v) is 7.88. The Hall–Kier alpha value is -3.01. The molecule has 5 rings (SSSR count). The Morgan fingerprint density at radius 3 is 2.76 bits per heavy atom. The molecular weight excluding hydrogens is 372 g/mol. The van der Waals surface area contributed by atoms with Gasteiger partial charge in [-0.05, 0) is 27.2 Å². The van der Waals surface area contributed by atoms with Crippen LogP contribution in [0.3, 0.4) is 0 Å². The van der Waals surface area contributed by atoms with Crippen molar-refractivity contribution in [3.05, 3.63) is 39.7 Å². The Kier molecular flexibility index (Phi) is 4.23. The van der Waals surface area contributed by atoms with Gasteiger partial charge in [-0.1, -0.05) is 0 Å². The maximum atomic E-state index is 12.7. The molecule has 5 heterocycles. The van der Waals surface area contributed by atoms with E-state index in [9.17, 15) is 4.79 Å². The minimum Gasteiger partial charge on any atom is -0.372 e. The lowest BCUT2D eigenvalue weighted by Gasteiger charge is -2.36. The molecule has 10 nitrogen and oxygen atoms in total. The number of nitrogens with one attached hydrogen (secondary N) is 1. The molecule has 29 heavy (non-hydrogen) atoms. The van der Waals surface area contributed by atoms with Crippen molar-refractivity contribution >= 4 is 17.5 Å². The molecule has 0 spiro atoms. The van der Waals surface area contributed by atoms with Crippen molar-refractivity contribution in [3.8, 4) is 0 Å². The molecule has 1 fully saturated rings. The first kappa shape index (κ1) is 18.0. The number of nitrogens with zero attached hydrogens (tertiary/aromatic N) is 7. The second-order valence-electron chi connectivity index (χ2n) is 7.88. The average Bonchev–Trinajstić information content (AvgIpc) is 3.14. The number of hydrogen-bond donors (Lipinski definition) is 1. The lowest BCUT2D eigenvalue weighted by atomic mass is 10.1. The van der Waals surface area contributed by atoms with Crippen molar-refractivity contribution in [2.24, 2.45) is 0 Å². The maximum absolute atomic E-state index is 12.7. The topological polar surface area (TPSA) is 105 Å². The summed E-state index contributed by atoms with van der Waals surface area (Å²) in [6.45, 7) is 8.68. The first-order valence-corrected chi connectivity index (χ1v) is 9.92. The minimum absolute atomic E-state index is 0.0479. The van der Waals surface area contributed by atoms with Gasteiger partial charge in [-0.25, -0.2) is 9.97 Å². The number of aryl methyl sites for hydroxylation is 1. The lowest BCUT2D eigenvalue weighted by Crippen LogP contribution is -2.47.